The number of rotatable bonds is 7. The number of hydrogen-bond donors (Lipinski definition) is 2. The summed E-state index contributed by atoms with van der Waals surface area (Å²) in [6.45, 7) is 0.359. The van der Waals surface area contributed by atoms with Gasteiger partial charge < -0.3 is 10.4 Å². The third kappa shape index (κ3) is 4.42. The van der Waals surface area contributed by atoms with Gasteiger partial charge in [-0.1, -0.05) is 48.2 Å². The highest BCUT2D eigenvalue weighted by Crippen LogP contribution is 2.29. The molecule has 0 spiro atoms. The van der Waals surface area contributed by atoms with Crippen LogP contribution >= 0.6 is 11.8 Å². The fourth-order valence-corrected chi connectivity index (χ4v) is 4.79. The Bertz CT molecular complexity index is 1110. The number of aliphatic hydroxyl groups is 1. The molecule has 156 valence electrons. The van der Waals surface area contributed by atoms with Crippen LogP contribution in [-0.4, -0.2) is 32.9 Å². The van der Waals surface area contributed by atoms with Gasteiger partial charge in [-0.15, -0.1) is 0 Å². The number of aromatic nitrogens is 2. The fourth-order valence-electron chi connectivity index (χ4n) is 3.95. The molecule has 4 rings (SSSR count). The van der Waals surface area contributed by atoms with E-state index in [-0.39, 0.29) is 29.9 Å². The summed E-state index contributed by atoms with van der Waals surface area (Å²) in [5.74, 6) is 0.112. The minimum absolute atomic E-state index is 0.00898. The molecule has 2 N–H and O–H groups in total. The van der Waals surface area contributed by atoms with E-state index in [0.29, 0.717) is 29.0 Å². The zero-order valence-corrected chi connectivity index (χ0v) is 17.5. The van der Waals surface area contributed by atoms with E-state index in [1.165, 1.54) is 22.9 Å². The van der Waals surface area contributed by atoms with Crippen LogP contribution in [0.1, 0.15) is 36.4 Å². The van der Waals surface area contributed by atoms with Gasteiger partial charge in [0, 0.05) is 13.2 Å². The van der Waals surface area contributed by atoms with Crippen molar-refractivity contribution in [1.82, 2.24) is 14.9 Å². The maximum Gasteiger partial charge on any atom is 0.262 e. The lowest BCUT2D eigenvalue weighted by Gasteiger charge is -2.26. The molecule has 3 aromatic rings. The number of fused-ring (bicyclic) bond motifs is 2. The number of amides is 1. The Balaban J connectivity index is 1.50. The lowest BCUT2D eigenvalue weighted by molar-refractivity contribution is -0.119. The molecule has 2 aromatic carbocycles. The molecule has 0 aliphatic heterocycles. The molecule has 1 aromatic heterocycles. The second-order valence-electron chi connectivity index (χ2n) is 7.45. The van der Waals surface area contributed by atoms with Crippen molar-refractivity contribution in [2.45, 2.75) is 43.4 Å². The van der Waals surface area contributed by atoms with E-state index in [1.807, 2.05) is 24.3 Å². The largest absolute Gasteiger partial charge is 0.396 e. The number of carbonyl (C=O) groups excluding carboxylic acids is 1. The minimum Gasteiger partial charge on any atom is -0.396 e. The normalized spacial score (nSPS) is 15.7. The Hall–Kier alpha value is -2.64. The van der Waals surface area contributed by atoms with Crippen LogP contribution < -0.4 is 10.9 Å². The van der Waals surface area contributed by atoms with Crippen molar-refractivity contribution >= 4 is 28.6 Å². The average Bonchev–Trinajstić information content (AvgIpc) is 2.77. The summed E-state index contributed by atoms with van der Waals surface area (Å²) < 4.78 is 1.56. The summed E-state index contributed by atoms with van der Waals surface area (Å²) in [4.78, 5) is 30.2. The van der Waals surface area contributed by atoms with E-state index >= 15 is 0 Å². The molecule has 1 amide bonds. The molecule has 1 aliphatic carbocycles. The highest BCUT2D eigenvalue weighted by Gasteiger charge is 2.22. The molecule has 0 radical (unpaired) electrons. The first-order valence-corrected chi connectivity index (χ1v) is 11.3. The molecule has 0 fully saturated rings. The van der Waals surface area contributed by atoms with Crippen LogP contribution in [-0.2, 0) is 17.8 Å². The van der Waals surface area contributed by atoms with Crippen molar-refractivity contribution in [2.24, 2.45) is 0 Å². The molecular weight excluding hydrogens is 398 g/mol. The van der Waals surface area contributed by atoms with Crippen molar-refractivity contribution in [2.75, 3.05) is 12.4 Å². The molecule has 7 heteroatoms. The van der Waals surface area contributed by atoms with Gasteiger partial charge in [0.25, 0.3) is 5.56 Å². The average molecular weight is 424 g/mol. The van der Waals surface area contributed by atoms with Crippen molar-refractivity contribution in [3.8, 4) is 0 Å². The smallest absolute Gasteiger partial charge is 0.262 e. The summed E-state index contributed by atoms with van der Waals surface area (Å²) in [6, 6.07) is 15.5. The summed E-state index contributed by atoms with van der Waals surface area (Å²) in [5.41, 5.74) is 2.98. The lowest BCUT2D eigenvalue weighted by atomic mass is 9.88. The monoisotopic (exact) mass is 423 g/mol. The molecule has 0 bridgehead atoms. The summed E-state index contributed by atoms with van der Waals surface area (Å²) in [6.07, 6.45) is 3.50. The number of aliphatic hydroxyl groups excluding tert-OH is 1. The first kappa shape index (κ1) is 20.6. The Labute approximate surface area is 179 Å². The van der Waals surface area contributed by atoms with Gasteiger partial charge in [0.15, 0.2) is 5.16 Å². The van der Waals surface area contributed by atoms with Crippen LogP contribution in [0.4, 0.5) is 0 Å². The number of aryl methyl sites for hydroxylation is 1. The molecule has 0 saturated heterocycles. The van der Waals surface area contributed by atoms with Gasteiger partial charge in [-0.2, -0.15) is 0 Å². The quantitative estimate of drug-likeness (QED) is 0.451. The maximum atomic E-state index is 12.9. The van der Waals surface area contributed by atoms with Crippen LogP contribution in [0.5, 0.6) is 0 Å². The van der Waals surface area contributed by atoms with Crippen LogP contribution in [0.2, 0.25) is 0 Å². The molecule has 1 atom stereocenters. The third-order valence-electron chi connectivity index (χ3n) is 5.40. The predicted octanol–water partition coefficient (Wildman–Crippen LogP) is 3.06. The van der Waals surface area contributed by atoms with Crippen LogP contribution in [0.3, 0.4) is 0 Å². The molecule has 6 nitrogen and oxygen atoms in total. The van der Waals surface area contributed by atoms with Crippen molar-refractivity contribution in [3.05, 3.63) is 70.0 Å². The second-order valence-corrected chi connectivity index (χ2v) is 8.39. The number of hydrogen-bond acceptors (Lipinski definition) is 5. The van der Waals surface area contributed by atoms with E-state index in [4.69, 9.17) is 0 Å². The molecule has 1 aliphatic rings. The second kappa shape index (κ2) is 9.45. The van der Waals surface area contributed by atoms with E-state index in [1.54, 1.807) is 16.7 Å². The van der Waals surface area contributed by atoms with Gasteiger partial charge in [-0.05, 0) is 48.9 Å². The summed E-state index contributed by atoms with van der Waals surface area (Å²) in [7, 11) is 0. The van der Waals surface area contributed by atoms with Crippen LogP contribution in [0.15, 0.2) is 58.5 Å². The SMILES string of the molecule is O=C(CSc1nc2ccccc2c(=O)n1CCCO)NC1CCCc2ccccc21. The van der Waals surface area contributed by atoms with Gasteiger partial charge in [-0.3, -0.25) is 14.2 Å². The van der Waals surface area contributed by atoms with E-state index < -0.39 is 0 Å². The van der Waals surface area contributed by atoms with Gasteiger partial charge >= 0.3 is 0 Å². The first-order chi connectivity index (χ1) is 14.7. The highest BCUT2D eigenvalue weighted by molar-refractivity contribution is 7.99. The Morgan fingerprint density at radius 1 is 1.20 bits per heavy atom. The molecule has 1 unspecified atom stereocenters. The molecule has 0 saturated carbocycles. The standard InChI is InChI=1S/C23H25N3O3S/c27-14-6-13-26-22(29)18-10-3-4-11-20(18)25-23(26)30-15-21(28)24-19-12-5-8-16-7-1-2-9-17(16)19/h1-4,7,9-11,19,27H,5-6,8,12-15H2,(H,24,28). The zero-order valence-electron chi connectivity index (χ0n) is 16.7. The highest BCUT2D eigenvalue weighted by atomic mass is 32.2. The number of thioether (sulfide) groups is 1. The van der Waals surface area contributed by atoms with Crippen molar-refractivity contribution < 1.29 is 9.90 Å². The maximum absolute atomic E-state index is 12.9. The molecule has 1 heterocycles. The Morgan fingerprint density at radius 2 is 2.00 bits per heavy atom. The topological polar surface area (TPSA) is 84.2 Å². The van der Waals surface area contributed by atoms with E-state index in [2.05, 4.69) is 22.4 Å². The van der Waals surface area contributed by atoms with Crippen LogP contribution in [0, 0.1) is 0 Å². The zero-order chi connectivity index (χ0) is 20.9. The summed E-state index contributed by atoms with van der Waals surface area (Å²) in [5, 5.41) is 13.4. The Kier molecular flexibility index (Phi) is 6.50. The number of nitrogens with zero attached hydrogens (tertiary/aromatic N) is 2. The predicted molar refractivity (Wildman–Crippen MR) is 119 cm³/mol. The van der Waals surface area contributed by atoms with Crippen molar-refractivity contribution in [3.63, 3.8) is 0 Å². The van der Waals surface area contributed by atoms with E-state index in [9.17, 15) is 14.7 Å². The number of nitrogens with one attached hydrogen (secondary N) is 1. The van der Waals surface area contributed by atoms with Crippen LogP contribution in [0.25, 0.3) is 10.9 Å². The van der Waals surface area contributed by atoms with Crippen molar-refractivity contribution in [1.29, 1.82) is 0 Å². The first-order valence-electron chi connectivity index (χ1n) is 10.3. The van der Waals surface area contributed by atoms with Gasteiger partial charge in [-0.25, -0.2) is 4.98 Å². The fraction of sp³-hybridized carbons (Fsp3) is 0.348. The Morgan fingerprint density at radius 3 is 2.87 bits per heavy atom. The van der Waals surface area contributed by atoms with Gasteiger partial charge in [0.1, 0.15) is 0 Å². The molecule has 30 heavy (non-hydrogen) atoms. The van der Waals surface area contributed by atoms with Gasteiger partial charge in [0.2, 0.25) is 5.91 Å². The third-order valence-corrected chi connectivity index (χ3v) is 6.38. The lowest BCUT2D eigenvalue weighted by Crippen LogP contribution is -2.32. The number of para-hydroxylation sites is 1. The number of carbonyl (C=O) groups is 1. The molecular formula is C23H25N3O3S. The minimum atomic E-state index is -0.141. The number of benzene rings is 2. The van der Waals surface area contributed by atoms with E-state index in [0.717, 1.165) is 19.3 Å². The summed E-state index contributed by atoms with van der Waals surface area (Å²) >= 11 is 1.26. The van der Waals surface area contributed by atoms with Gasteiger partial charge in [0.05, 0.1) is 22.7 Å².